The summed E-state index contributed by atoms with van der Waals surface area (Å²) in [5.74, 6) is 1.13. The number of nitrogens with two attached hydrogens (primary N) is 1. The number of carbonyl (C=O) groups is 1. The molecule has 16 heavy (non-hydrogen) atoms. The van der Waals surface area contributed by atoms with Gasteiger partial charge in [0, 0.05) is 12.6 Å². The van der Waals surface area contributed by atoms with Gasteiger partial charge in [0.2, 0.25) is 5.91 Å². The summed E-state index contributed by atoms with van der Waals surface area (Å²) in [4.78, 5) is 12.1. The third-order valence-corrected chi connectivity index (χ3v) is 3.30. The Kier molecular flexibility index (Phi) is 2.96. The number of anilines is 1. The van der Waals surface area contributed by atoms with Gasteiger partial charge in [-0.15, -0.1) is 0 Å². The Balaban J connectivity index is 2.07. The predicted molar refractivity (Wildman–Crippen MR) is 59.8 cm³/mol. The van der Waals surface area contributed by atoms with E-state index in [0.717, 1.165) is 25.7 Å². The molecule has 1 amide bonds. The molecule has 2 rings (SSSR count). The maximum absolute atomic E-state index is 12.1. The maximum Gasteiger partial charge on any atom is 0.233 e. The smallest absolute Gasteiger partial charge is 0.233 e. The molecule has 3 N–H and O–H groups in total. The fourth-order valence-corrected chi connectivity index (χ4v) is 2.25. The average molecular weight is 223 g/mol. The van der Waals surface area contributed by atoms with Crippen LogP contribution in [0.2, 0.25) is 0 Å². The van der Waals surface area contributed by atoms with Crippen LogP contribution in [-0.2, 0) is 4.79 Å². The quantitative estimate of drug-likeness (QED) is 0.812. The van der Waals surface area contributed by atoms with E-state index in [0.29, 0.717) is 18.1 Å². The Bertz CT molecular complexity index is 380. The van der Waals surface area contributed by atoms with Crippen LogP contribution >= 0.6 is 0 Å². The zero-order valence-electron chi connectivity index (χ0n) is 9.45. The van der Waals surface area contributed by atoms with Gasteiger partial charge in [-0.25, -0.2) is 0 Å². The standard InChI is InChI=1S/C11H17N3O2/c1-8-6-9(14-16-8)13-10(15)11(7-12)4-2-3-5-11/h6H,2-5,7,12H2,1H3,(H,13,14,15). The van der Waals surface area contributed by atoms with Crippen molar-refractivity contribution in [2.24, 2.45) is 11.1 Å². The highest BCUT2D eigenvalue weighted by atomic mass is 16.5. The Morgan fingerprint density at radius 1 is 1.62 bits per heavy atom. The van der Waals surface area contributed by atoms with Crippen molar-refractivity contribution in [3.8, 4) is 0 Å². The van der Waals surface area contributed by atoms with Crippen LogP contribution in [0.15, 0.2) is 10.6 Å². The Labute approximate surface area is 94.4 Å². The highest BCUT2D eigenvalue weighted by Gasteiger charge is 2.40. The molecule has 0 unspecified atom stereocenters. The number of aryl methyl sites for hydroxylation is 1. The summed E-state index contributed by atoms with van der Waals surface area (Å²) in [6.45, 7) is 2.19. The first-order valence-corrected chi connectivity index (χ1v) is 5.61. The SMILES string of the molecule is Cc1cc(NC(=O)C2(CN)CCCC2)no1. The van der Waals surface area contributed by atoms with Gasteiger partial charge in [-0.1, -0.05) is 18.0 Å². The van der Waals surface area contributed by atoms with Gasteiger partial charge in [0.15, 0.2) is 5.82 Å². The number of nitrogens with zero attached hydrogens (tertiary/aromatic N) is 1. The molecule has 1 aliphatic rings. The molecule has 0 spiro atoms. The van der Waals surface area contributed by atoms with Crippen LogP contribution in [0.1, 0.15) is 31.4 Å². The van der Waals surface area contributed by atoms with E-state index in [2.05, 4.69) is 10.5 Å². The minimum absolute atomic E-state index is 0.0270. The lowest BCUT2D eigenvalue weighted by molar-refractivity contribution is -0.124. The Morgan fingerprint density at radius 3 is 2.81 bits per heavy atom. The van der Waals surface area contributed by atoms with Crippen LogP contribution < -0.4 is 11.1 Å². The molecule has 1 aliphatic carbocycles. The highest BCUT2D eigenvalue weighted by Crippen LogP contribution is 2.38. The van der Waals surface area contributed by atoms with Crippen LogP contribution in [0, 0.1) is 12.3 Å². The molecule has 0 saturated heterocycles. The Hall–Kier alpha value is -1.36. The van der Waals surface area contributed by atoms with Gasteiger partial charge < -0.3 is 15.6 Å². The van der Waals surface area contributed by atoms with Crippen molar-refractivity contribution in [3.63, 3.8) is 0 Å². The van der Waals surface area contributed by atoms with E-state index in [-0.39, 0.29) is 5.91 Å². The van der Waals surface area contributed by atoms with Crippen molar-refractivity contribution < 1.29 is 9.32 Å². The number of carbonyl (C=O) groups excluding carboxylic acids is 1. The van der Waals surface area contributed by atoms with E-state index in [4.69, 9.17) is 10.3 Å². The zero-order chi connectivity index (χ0) is 11.6. The summed E-state index contributed by atoms with van der Waals surface area (Å²) in [7, 11) is 0. The second-order valence-electron chi connectivity index (χ2n) is 4.47. The monoisotopic (exact) mass is 223 g/mol. The lowest BCUT2D eigenvalue weighted by atomic mass is 9.85. The molecule has 1 saturated carbocycles. The van der Waals surface area contributed by atoms with E-state index >= 15 is 0 Å². The molecule has 0 aliphatic heterocycles. The number of hydrogen-bond donors (Lipinski definition) is 2. The summed E-state index contributed by atoms with van der Waals surface area (Å²) in [5.41, 5.74) is 5.33. The number of amides is 1. The van der Waals surface area contributed by atoms with Crippen LogP contribution in [0.3, 0.4) is 0 Å². The summed E-state index contributed by atoms with van der Waals surface area (Å²) >= 11 is 0. The molecule has 0 aromatic carbocycles. The first-order valence-electron chi connectivity index (χ1n) is 5.61. The van der Waals surface area contributed by atoms with E-state index in [1.54, 1.807) is 13.0 Å². The second kappa shape index (κ2) is 4.25. The Morgan fingerprint density at radius 2 is 2.31 bits per heavy atom. The van der Waals surface area contributed by atoms with E-state index < -0.39 is 5.41 Å². The molecule has 1 fully saturated rings. The fraction of sp³-hybridized carbons (Fsp3) is 0.636. The van der Waals surface area contributed by atoms with Gasteiger partial charge in [-0.05, 0) is 19.8 Å². The highest BCUT2D eigenvalue weighted by molar-refractivity contribution is 5.94. The molecule has 1 aromatic heterocycles. The number of rotatable bonds is 3. The molecule has 0 radical (unpaired) electrons. The minimum Gasteiger partial charge on any atom is -0.360 e. The first kappa shape index (κ1) is 11.1. The fourth-order valence-electron chi connectivity index (χ4n) is 2.25. The van der Waals surface area contributed by atoms with Crippen LogP contribution in [0.25, 0.3) is 0 Å². The third kappa shape index (κ3) is 1.95. The van der Waals surface area contributed by atoms with Gasteiger partial charge >= 0.3 is 0 Å². The molecule has 0 bridgehead atoms. The van der Waals surface area contributed by atoms with Gasteiger partial charge in [0.1, 0.15) is 5.76 Å². The summed E-state index contributed by atoms with van der Waals surface area (Å²) in [5, 5.41) is 6.52. The zero-order valence-corrected chi connectivity index (χ0v) is 9.45. The van der Waals surface area contributed by atoms with Gasteiger partial charge in [-0.2, -0.15) is 0 Å². The number of aromatic nitrogens is 1. The normalized spacial score (nSPS) is 18.6. The minimum atomic E-state index is -0.396. The predicted octanol–water partition coefficient (Wildman–Crippen LogP) is 1.44. The largest absolute Gasteiger partial charge is 0.360 e. The van der Waals surface area contributed by atoms with Crippen LogP contribution in [0.5, 0.6) is 0 Å². The summed E-state index contributed by atoms with van der Waals surface area (Å²) in [6.07, 6.45) is 3.88. The lowest BCUT2D eigenvalue weighted by Gasteiger charge is -2.24. The van der Waals surface area contributed by atoms with E-state index in [1.807, 2.05) is 0 Å². The van der Waals surface area contributed by atoms with Crippen LogP contribution in [-0.4, -0.2) is 17.6 Å². The molecular weight excluding hydrogens is 206 g/mol. The summed E-state index contributed by atoms with van der Waals surface area (Å²) < 4.78 is 4.90. The average Bonchev–Trinajstić information content (AvgIpc) is 2.88. The maximum atomic E-state index is 12.1. The van der Waals surface area contributed by atoms with Crippen molar-refractivity contribution in [1.82, 2.24) is 5.16 Å². The second-order valence-corrected chi connectivity index (χ2v) is 4.47. The van der Waals surface area contributed by atoms with Crippen molar-refractivity contribution in [3.05, 3.63) is 11.8 Å². The molecule has 5 heteroatoms. The van der Waals surface area contributed by atoms with E-state index in [1.165, 1.54) is 0 Å². The van der Waals surface area contributed by atoms with E-state index in [9.17, 15) is 4.79 Å². The molecule has 5 nitrogen and oxygen atoms in total. The summed E-state index contributed by atoms with van der Waals surface area (Å²) in [6, 6.07) is 1.71. The molecule has 88 valence electrons. The van der Waals surface area contributed by atoms with Crippen molar-refractivity contribution >= 4 is 11.7 Å². The topological polar surface area (TPSA) is 81.2 Å². The van der Waals surface area contributed by atoms with Gasteiger partial charge in [0.05, 0.1) is 5.41 Å². The molecule has 0 atom stereocenters. The third-order valence-electron chi connectivity index (χ3n) is 3.30. The molecular formula is C11H17N3O2. The lowest BCUT2D eigenvalue weighted by Crippen LogP contribution is -2.40. The first-order chi connectivity index (χ1) is 7.66. The molecule has 1 aromatic rings. The van der Waals surface area contributed by atoms with Gasteiger partial charge in [-0.3, -0.25) is 4.79 Å². The number of nitrogens with one attached hydrogen (secondary N) is 1. The van der Waals surface area contributed by atoms with Crippen molar-refractivity contribution in [2.75, 3.05) is 11.9 Å². The molecule has 1 heterocycles. The number of hydrogen-bond acceptors (Lipinski definition) is 4. The van der Waals surface area contributed by atoms with Gasteiger partial charge in [0.25, 0.3) is 0 Å². The van der Waals surface area contributed by atoms with Crippen LogP contribution in [0.4, 0.5) is 5.82 Å². The van der Waals surface area contributed by atoms with Crippen molar-refractivity contribution in [2.45, 2.75) is 32.6 Å². The van der Waals surface area contributed by atoms with Crippen molar-refractivity contribution in [1.29, 1.82) is 0 Å².